The standard InChI is InChI=1S/Li.HPS.Se/c;1-2;/h;1H;. The molecule has 0 aliphatic rings. The number of hydrogen-bond acceptors (Lipinski definition) is 1. The molecule has 0 atom stereocenters. The Labute approximate surface area is 55.6 Å². The second-order valence-corrected chi connectivity index (χ2v) is 0. The Kier molecular flexibility index (Phi) is 99.7. The summed E-state index contributed by atoms with van der Waals surface area (Å²) in [5.74, 6) is 0. The average Bonchev–Trinajstić information content (AvgIpc) is 1.00. The maximum absolute atomic E-state index is 3.89. The molecule has 3 radical (unpaired) electrons. The number of hydrogen-bond donors (Lipinski definition) is 0. The minimum atomic E-state index is 0. The van der Waals surface area contributed by atoms with Crippen LogP contribution in [0.25, 0.3) is 0 Å². The van der Waals surface area contributed by atoms with Gasteiger partial charge in [0.15, 0.2) is 0 Å². The van der Waals surface area contributed by atoms with Crippen LogP contribution in [0, 0.1) is 0 Å². The molecule has 4 heteroatoms. The first kappa shape index (κ1) is 17.4. The van der Waals surface area contributed by atoms with Gasteiger partial charge in [-0.2, -0.15) is 0 Å². The Morgan fingerprint density at radius 2 is 1.25 bits per heavy atom. The summed E-state index contributed by atoms with van der Waals surface area (Å²) in [6.45, 7) is 0. The van der Waals surface area contributed by atoms with Gasteiger partial charge in [-0.3, -0.25) is 0 Å². The van der Waals surface area contributed by atoms with Crippen molar-refractivity contribution in [3.63, 3.8) is 0 Å². The van der Waals surface area contributed by atoms with Crippen LogP contribution in [0.4, 0.5) is 0 Å². The molecular formula is HLiPSSe. The van der Waals surface area contributed by atoms with Crippen LogP contribution in [0.5, 0.6) is 0 Å². The van der Waals surface area contributed by atoms with Crippen LogP contribution in [-0.2, 0) is 11.8 Å². The maximum atomic E-state index is 3.89. The third-order valence-corrected chi connectivity index (χ3v) is 0. The van der Waals surface area contributed by atoms with Crippen molar-refractivity contribution in [3.8, 4) is 0 Å². The van der Waals surface area contributed by atoms with Gasteiger partial charge in [0.2, 0.25) is 0 Å². The van der Waals surface area contributed by atoms with Crippen LogP contribution in [0.1, 0.15) is 0 Å². The van der Waals surface area contributed by atoms with E-state index >= 15 is 0 Å². The first-order valence-electron chi connectivity index (χ1n) is 0.204. The Bertz CT molecular complexity index is 8.00. The van der Waals surface area contributed by atoms with E-state index in [0.29, 0.717) is 0 Å². The molecule has 0 aliphatic carbocycles. The molecule has 0 spiro atoms. The Hall–Kier alpha value is 1.64. The van der Waals surface area contributed by atoms with Gasteiger partial charge in [0.1, 0.15) is 0 Å². The van der Waals surface area contributed by atoms with Crippen LogP contribution in [0.3, 0.4) is 0 Å². The van der Waals surface area contributed by atoms with Crippen molar-refractivity contribution < 1.29 is 0 Å². The van der Waals surface area contributed by atoms with E-state index in [1.165, 1.54) is 0 Å². The molecule has 0 fully saturated rings. The molecule has 0 amide bonds. The Morgan fingerprint density at radius 3 is 1.25 bits per heavy atom. The smallest absolute Gasteiger partial charge is 0 e. The molecule has 0 N–H and O–H groups in total. The van der Waals surface area contributed by atoms with Gasteiger partial charge in [0, 0.05) is 35.9 Å². The normalized spacial score (nSPS) is 1.00. The quantitative estimate of drug-likeness (QED) is 0.341. The van der Waals surface area contributed by atoms with E-state index in [4.69, 9.17) is 0 Å². The van der Waals surface area contributed by atoms with Crippen molar-refractivity contribution in [2.75, 3.05) is 0 Å². The van der Waals surface area contributed by atoms with E-state index < -0.39 is 0 Å². The molecule has 0 rings (SSSR count). The third kappa shape index (κ3) is 9.44. The summed E-state index contributed by atoms with van der Waals surface area (Å²) in [5, 5.41) is 0. The van der Waals surface area contributed by atoms with E-state index in [2.05, 4.69) is 19.8 Å². The summed E-state index contributed by atoms with van der Waals surface area (Å²) >= 11 is 3.89. The Morgan fingerprint density at radius 1 is 1.25 bits per heavy atom. The largest absolute Gasteiger partial charge is 0.0615 e. The summed E-state index contributed by atoms with van der Waals surface area (Å²) in [4.78, 5) is 0. The fraction of sp³-hybridized carbons (Fsp3) is 0. The summed E-state index contributed by atoms with van der Waals surface area (Å²) < 4.78 is 0. The molecule has 0 aromatic heterocycles. The minimum absolute atomic E-state index is 0. The third-order valence-electron chi connectivity index (χ3n) is 0. The van der Waals surface area contributed by atoms with Crippen molar-refractivity contribution in [3.05, 3.63) is 0 Å². The molecule has 19 valence electrons. The zero-order valence-corrected chi connectivity index (χ0v) is 5.85. The molecule has 0 aliphatic heterocycles. The zero-order chi connectivity index (χ0) is 2.00. The van der Waals surface area contributed by atoms with Crippen molar-refractivity contribution in [1.82, 2.24) is 0 Å². The minimum Gasteiger partial charge on any atom is -0.0615 e. The maximum Gasteiger partial charge on any atom is 0 e. The van der Waals surface area contributed by atoms with Crippen molar-refractivity contribution >= 4 is 55.8 Å². The van der Waals surface area contributed by atoms with E-state index in [0.717, 1.165) is 0 Å². The van der Waals surface area contributed by atoms with Crippen LogP contribution in [0.15, 0.2) is 0 Å². The molecular weight excluding hydrogens is 149 g/mol. The van der Waals surface area contributed by atoms with E-state index in [9.17, 15) is 0 Å². The van der Waals surface area contributed by atoms with Gasteiger partial charge in [0.25, 0.3) is 0 Å². The summed E-state index contributed by atoms with van der Waals surface area (Å²) in [7, 11) is 2.56. The Balaban J connectivity index is -0.00000000500. The van der Waals surface area contributed by atoms with Gasteiger partial charge >= 0.3 is 0 Å². The fourth-order valence-corrected chi connectivity index (χ4v) is 0. The topological polar surface area (TPSA) is 0 Å². The summed E-state index contributed by atoms with van der Waals surface area (Å²) in [6, 6.07) is 0. The molecule has 0 aromatic rings. The predicted octanol–water partition coefficient (Wildman–Crippen LogP) is -0.171. The second-order valence-electron chi connectivity index (χ2n) is 0. The van der Waals surface area contributed by atoms with Crippen LogP contribution < -0.4 is 0 Å². The molecule has 0 nitrogen and oxygen atoms in total. The summed E-state index contributed by atoms with van der Waals surface area (Å²) in [5.41, 5.74) is 0. The molecule has 0 aromatic carbocycles. The van der Waals surface area contributed by atoms with Crippen molar-refractivity contribution in [1.29, 1.82) is 0 Å². The average molecular weight is 150 g/mol. The van der Waals surface area contributed by atoms with E-state index in [1.807, 2.05) is 0 Å². The van der Waals surface area contributed by atoms with Gasteiger partial charge in [0.05, 0.1) is 0 Å². The van der Waals surface area contributed by atoms with Crippen LogP contribution >= 0.6 is 8.02 Å². The van der Waals surface area contributed by atoms with Crippen molar-refractivity contribution in [2.45, 2.75) is 0 Å². The van der Waals surface area contributed by atoms with E-state index in [-0.39, 0.29) is 35.9 Å². The fourth-order valence-electron chi connectivity index (χ4n) is 0. The van der Waals surface area contributed by atoms with Gasteiger partial charge < -0.3 is 0 Å². The summed E-state index contributed by atoms with van der Waals surface area (Å²) in [6.07, 6.45) is 0. The van der Waals surface area contributed by atoms with Gasteiger partial charge in [-0.25, -0.2) is 0 Å². The van der Waals surface area contributed by atoms with Crippen LogP contribution in [0.2, 0.25) is 0 Å². The van der Waals surface area contributed by atoms with Gasteiger partial charge in [-0.1, -0.05) is 11.8 Å². The van der Waals surface area contributed by atoms with Gasteiger partial charge in [-0.15, -0.1) is 0 Å². The molecule has 0 bridgehead atoms. The molecule has 0 saturated carbocycles. The monoisotopic (exact) mass is 151 g/mol. The molecule has 0 saturated heterocycles. The molecule has 0 heterocycles. The first-order chi connectivity index (χ1) is 1.00. The first-order valence-corrected chi connectivity index (χ1v) is 1.84. The SMILES string of the molecule is P=S.[Li].[Se]. The second kappa shape index (κ2) is 22.9. The zero-order valence-electron chi connectivity index (χ0n) is 2.32. The number of rotatable bonds is 0. The van der Waals surface area contributed by atoms with Crippen molar-refractivity contribution in [2.24, 2.45) is 0 Å². The van der Waals surface area contributed by atoms with Crippen LogP contribution in [-0.4, -0.2) is 35.9 Å². The predicted molar refractivity (Wildman–Crippen MR) is 27.2 cm³/mol. The molecule has 0 unspecified atom stereocenters. The van der Waals surface area contributed by atoms with Gasteiger partial charge in [-0.05, 0) is 8.02 Å². The molecule has 4 heavy (non-hydrogen) atoms. The van der Waals surface area contributed by atoms with E-state index in [1.54, 1.807) is 0 Å².